The van der Waals surface area contributed by atoms with Gasteiger partial charge in [-0.2, -0.15) is 18.3 Å². The van der Waals surface area contributed by atoms with Crippen LogP contribution in [-0.2, 0) is 24.4 Å². The van der Waals surface area contributed by atoms with Gasteiger partial charge < -0.3 is 4.90 Å². The van der Waals surface area contributed by atoms with Crippen LogP contribution < -0.4 is 0 Å². The van der Waals surface area contributed by atoms with Gasteiger partial charge >= 0.3 is 6.18 Å². The number of aryl methyl sites for hydroxylation is 2. The lowest BCUT2D eigenvalue weighted by Crippen LogP contribution is -2.38. The minimum atomic E-state index is -4.33. The molecule has 26 heavy (non-hydrogen) atoms. The minimum Gasteiger partial charge on any atom is -0.336 e. The van der Waals surface area contributed by atoms with Crippen molar-refractivity contribution in [1.82, 2.24) is 14.7 Å². The van der Waals surface area contributed by atoms with E-state index >= 15 is 0 Å². The summed E-state index contributed by atoms with van der Waals surface area (Å²) in [5, 5.41) is 4.19. The van der Waals surface area contributed by atoms with Crippen molar-refractivity contribution in [2.75, 3.05) is 6.54 Å². The maximum atomic E-state index is 12.7. The first-order valence-electron chi connectivity index (χ1n) is 8.79. The molecule has 1 aromatic carbocycles. The molecule has 0 N–H and O–H groups in total. The third-order valence-corrected chi connectivity index (χ3v) is 4.84. The number of likely N-dealkylation sites (tertiary alicyclic amines) is 1. The number of aromatic nitrogens is 2. The lowest BCUT2D eigenvalue weighted by molar-refractivity contribution is -0.137. The second-order valence-electron chi connectivity index (χ2n) is 6.74. The van der Waals surface area contributed by atoms with Crippen LogP contribution in [0.1, 0.15) is 48.4 Å². The second-order valence-corrected chi connectivity index (χ2v) is 6.74. The quantitative estimate of drug-likeness (QED) is 0.817. The zero-order chi connectivity index (χ0) is 18.7. The van der Waals surface area contributed by atoms with Gasteiger partial charge in [0.05, 0.1) is 17.8 Å². The number of carbonyl (C=O) groups excluding carboxylic acids is 1. The molecule has 2 aromatic rings. The van der Waals surface area contributed by atoms with Crippen molar-refractivity contribution >= 4 is 5.91 Å². The third-order valence-electron chi connectivity index (χ3n) is 4.84. The average molecular weight is 365 g/mol. The van der Waals surface area contributed by atoms with Gasteiger partial charge in [0, 0.05) is 31.8 Å². The highest BCUT2D eigenvalue weighted by Crippen LogP contribution is 2.32. The molecule has 7 heteroatoms. The summed E-state index contributed by atoms with van der Waals surface area (Å²) in [5.74, 6) is 0.0402. The van der Waals surface area contributed by atoms with E-state index in [0.29, 0.717) is 19.4 Å². The Morgan fingerprint density at radius 1 is 1.23 bits per heavy atom. The molecule has 0 spiro atoms. The topological polar surface area (TPSA) is 38.1 Å². The number of benzene rings is 1. The summed E-state index contributed by atoms with van der Waals surface area (Å²) >= 11 is 0. The van der Waals surface area contributed by atoms with Crippen LogP contribution in [0.15, 0.2) is 36.7 Å². The molecular formula is C19H22F3N3O. The van der Waals surface area contributed by atoms with E-state index in [1.54, 1.807) is 10.9 Å². The monoisotopic (exact) mass is 365 g/mol. The molecule has 1 aromatic heterocycles. The smallest absolute Gasteiger partial charge is 0.336 e. The third kappa shape index (κ3) is 4.26. The van der Waals surface area contributed by atoms with E-state index in [0.717, 1.165) is 42.5 Å². The Labute approximate surface area is 150 Å². The van der Waals surface area contributed by atoms with Crippen molar-refractivity contribution in [3.8, 4) is 0 Å². The molecule has 1 amide bonds. The van der Waals surface area contributed by atoms with Crippen LogP contribution >= 0.6 is 0 Å². The molecule has 1 fully saturated rings. The zero-order valence-corrected chi connectivity index (χ0v) is 14.7. The molecule has 1 atom stereocenters. The van der Waals surface area contributed by atoms with Gasteiger partial charge in [-0.15, -0.1) is 0 Å². The summed E-state index contributed by atoms with van der Waals surface area (Å²) in [4.78, 5) is 14.6. The highest BCUT2D eigenvalue weighted by atomic mass is 19.4. The Hall–Kier alpha value is -2.31. The maximum absolute atomic E-state index is 12.7. The van der Waals surface area contributed by atoms with Gasteiger partial charge in [0.1, 0.15) is 0 Å². The summed E-state index contributed by atoms with van der Waals surface area (Å²) < 4.78 is 39.6. The standard InChI is InChI=1S/C19H22F3N3O/c1-24-13-15(12-23-24)17-4-2-3-11-25(17)18(26)10-7-14-5-8-16(9-6-14)19(20,21)22/h5-6,8-9,12-13,17H,2-4,7,10-11H2,1H3/t17-/m1/s1. The van der Waals surface area contributed by atoms with E-state index in [9.17, 15) is 18.0 Å². The van der Waals surface area contributed by atoms with Crippen LogP contribution in [0, 0.1) is 0 Å². The molecular weight excluding hydrogens is 343 g/mol. The number of carbonyl (C=O) groups is 1. The van der Waals surface area contributed by atoms with Gasteiger partial charge in [0.2, 0.25) is 5.91 Å². The van der Waals surface area contributed by atoms with Gasteiger partial charge in [0.25, 0.3) is 0 Å². The molecule has 1 aliphatic rings. The molecule has 1 saturated heterocycles. The molecule has 0 saturated carbocycles. The van der Waals surface area contributed by atoms with Crippen molar-refractivity contribution in [3.63, 3.8) is 0 Å². The number of hydrogen-bond acceptors (Lipinski definition) is 2. The number of halogens is 3. The largest absolute Gasteiger partial charge is 0.416 e. The molecule has 3 rings (SSSR count). The lowest BCUT2D eigenvalue weighted by atomic mass is 9.96. The number of alkyl halides is 3. The fraction of sp³-hybridized carbons (Fsp3) is 0.474. The van der Waals surface area contributed by atoms with Gasteiger partial charge in [0.15, 0.2) is 0 Å². The van der Waals surface area contributed by atoms with Crippen LogP contribution in [0.5, 0.6) is 0 Å². The molecule has 0 bridgehead atoms. The first-order valence-corrected chi connectivity index (χ1v) is 8.79. The average Bonchev–Trinajstić information content (AvgIpc) is 3.05. The number of piperidine rings is 1. The number of hydrogen-bond donors (Lipinski definition) is 0. The predicted octanol–water partition coefficient (Wildman–Crippen LogP) is 4.13. The number of amides is 1. The lowest BCUT2D eigenvalue weighted by Gasteiger charge is -2.35. The van der Waals surface area contributed by atoms with Crippen LogP contribution in [0.2, 0.25) is 0 Å². The van der Waals surface area contributed by atoms with Gasteiger partial charge in [-0.1, -0.05) is 12.1 Å². The molecule has 0 aliphatic carbocycles. The number of rotatable bonds is 4. The fourth-order valence-electron chi connectivity index (χ4n) is 3.44. The first kappa shape index (κ1) is 18.5. The summed E-state index contributed by atoms with van der Waals surface area (Å²) in [6.07, 6.45) is 3.09. The van der Waals surface area contributed by atoms with E-state index < -0.39 is 11.7 Å². The van der Waals surface area contributed by atoms with Crippen molar-refractivity contribution < 1.29 is 18.0 Å². The minimum absolute atomic E-state index is 0.0394. The normalized spacial score (nSPS) is 18.2. The predicted molar refractivity (Wildman–Crippen MR) is 91.3 cm³/mol. The fourth-order valence-corrected chi connectivity index (χ4v) is 3.44. The van der Waals surface area contributed by atoms with E-state index in [1.165, 1.54) is 12.1 Å². The van der Waals surface area contributed by atoms with Crippen LogP contribution in [0.3, 0.4) is 0 Å². The van der Waals surface area contributed by atoms with Crippen molar-refractivity contribution in [2.45, 2.75) is 44.3 Å². The van der Waals surface area contributed by atoms with Crippen LogP contribution in [0.4, 0.5) is 13.2 Å². The summed E-state index contributed by atoms with van der Waals surface area (Å²) in [6, 6.07) is 5.08. The molecule has 1 aliphatic heterocycles. The van der Waals surface area contributed by atoms with E-state index in [-0.39, 0.29) is 11.9 Å². The Morgan fingerprint density at radius 2 is 1.96 bits per heavy atom. The molecule has 4 nitrogen and oxygen atoms in total. The van der Waals surface area contributed by atoms with Crippen molar-refractivity contribution in [2.24, 2.45) is 7.05 Å². The second kappa shape index (κ2) is 7.51. The summed E-state index contributed by atoms with van der Waals surface area (Å²) in [7, 11) is 1.85. The van der Waals surface area contributed by atoms with Gasteiger partial charge in [-0.25, -0.2) is 0 Å². The molecule has 140 valence electrons. The Kier molecular flexibility index (Phi) is 5.34. The van der Waals surface area contributed by atoms with Gasteiger partial charge in [-0.05, 0) is 43.4 Å². The highest BCUT2D eigenvalue weighted by Gasteiger charge is 2.30. The SMILES string of the molecule is Cn1cc([C@H]2CCCCN2C(=O)CCc2ccc(C(F)(F)F)cc2)cn1. The van der Waals surface area contributed by atoms with Crippen LogP contribution in [0.25, 0.3) is 0 Å². The van der Waals surface area contributed by atoms with E-state index in [2.05, 4.69) is 5.10 Å². The first-order chi connectivity index (χ1) is 12.3. The van der Waals surface area contributed by atoms with Gasteiger partial charge in [-0.3, -0.25) is 9.48 Å². The van der Waals surface area contributed by atoms with Crippen molar-refractivity contribution in [3.05, 3.63) is 53.3 Å². The molecule has 0 radical (unpaired) electrons. The van der Waals surface area contributed by atoms with E-state index in [1.807, 2.05) is 18.1 Å². The zero-order valence-electron chi connectivity index (χ0n) is 14.7. The maximum Gasteiger partial charge on any atom is 0.416 e. The van der Waals surface area contributed by atoms with Crippen LogP contribution in [-0.4, -0.2) is 27.1 Å². The van der Waals surface area contributed by atoms with E-state index in [4.69, 9.17) is 0 Å². The highest BCUT2D eigenvalue weighted by molar-refractivity contribution is 5.77. The number of nitrogens with zero attached hydrogens (tertiary/aromatic N) is 3. The summed E-state index contributed by atoms with van der Waals surface area (Å²) in [5.41, 5.74) is 1.11. The molecule has 0 unspecified atom stereocenters. The Bertz CT molecular complexity index is 752. The Balaban J connectivity index is 1.63. The summed E-state index contributed by atoms with van der Waals surface area (Å²) in [6.45, 7) is 0.714. The molecule has 2 heterocycles. The van der Waals surface area contributed by atoms with Crippen molar-refractivity contribution in [1.29, 1.82) is 0 Å². The Morgan fingerprint density at radius 3 is 2.58 bits per heavy atom.